The molecule has 0 heterocycles. The molecule has 2 N–H and O–H groups in total. The Kier molecular flexibility index (Phi) is 15.6. The molecule has 4 atom stereocenters. The Hall–Kier alpha value is -2.06. The summed E-state index contributed by atoms with van der Waals surface area (Å²) in [6, 6.07) is 11.0. The first-order valence-corrected chi connectivity index (χ1v) is 18.3. The number of rotatable bonds is 17. The number of aliphatic hydroxyl groups is 1. The van der Waals surface area contributed by atoms with Crippen LogP contribution in [0, 0.1) is 16.2 Å². The second-order valence-corrected chi connectivity index (χ2v) is 16.8. The van der Waals surface area contributed by atoms with Crippen molar-refractivity contribution in [1.29, 1.82) is 0 Å². The maximum absolute atomic E-state index is 14.3. The van der Waals surface area contributed by atoms with E-state index in [1.54, 1.807) is 39.8 Å². The standard InChI is InChI=1S/C35H42Br4O9/c1-8-34(6,30(42)43)15-22(21-9-11-23(36)12-10-21)16-35(7,32(45)48-28-26(38)13-24(37)14-27(28)39)19-33(4,5)31(44)47-18-25(40)17-46-29(41)20(2)3/h9-14,22,25,40H,2,8,15-19H2,1,3-7H3,(H,42,43). The molecule has 264 valence electrons. The number of esters is 3. The fraction of sp³-hybridized carbons (Fsp3) is 0.486. The highest BCUT2D eigenvalue weighted by atomic mass is 79.9. The number of aliphatic hydroxyl groups excluding tert-OH is 1. The maximum Gasteiger partial charge on any atom is 0.333 e. The van der Waals surface area contributed by atoms with Crippen molar-refractivity contribution in [3.8, 4) is 5.75 Å². The first-order chi connectivity index (χ1) is 22.1. The fourth-order valence-corrected chi connectivity index (χ4v) is 8.03. The molecular formula is C35H42Br4O9. The van der Waals surface area contributed by atoms with Crippen LogP contribution in [0.1, 0.15) is 78.7 Å². The van der Waals surface area contributed by atoms with Crippen LogP contribution in [0.5, 0.6) is 5.75 Å². The minimum absolute atomic E-state index is 0.0485. The van der Waals surface area contributed by atoms with Crippen LogP contribution in [0.4, 0.5) is 0 Å². The van der Waals surface area contributed by atoms with E-state index in [2.05, 4.69) is 70.3 Å². The summed E-state index contributed by atoms with van der Waals surface area (Å²) in [5.74, 6) is -3.13. The average Bonchev–Trinajstić information content (AvgIpc) is 2.99. The van der Waals surface area contributed by atoms with Crippen LogP contribution >= 0.6 is 63.7 Å². The molecule has 48 heavy (non-hydrogen) atoms. The van der Waals surface area contributed by atoms with Gasteiger partial charge in [-0.3, -0.25) is 14.4 Å². The summed E-state index contributed by atoms with van der Waals surface area (Å²) in [5.41, 5.74) is -2.73. The summed E-state index contributed by atoms with van der Waals surface area (Å²) in [6.45, 7) is 12.6. The highest BCUT2D eigenvalue weighted by molar-refractivity contribution is 9.11. The first kappa shape index (κ1) is 42.1. The summed E-state index contributed by atoms with van der Waals surface area (Å²) >= 11 is 13.8. The molecule has 0 radical (unpaired) electrons. The van der Waals surface area contributed by atoms with Gasteiger partial charge in [-0.05, 0) is 128 Å². The van der Waals surface area contributed by atoms with Gasteiger partial charge in [0, 0.05) is 14.5 Å². The molecule has 0 fully saturated rings. The van der Waals surface area contributed by atoms with Crippen LogP contribution in [0.25, 0.3) is 0 Å². The van der Waals surface area contributed by atoms with Gasteiger partial charge >= 0.3 is 23.9 Å². The van der Waals surface area contributed by atoms with Crippen molar-refractivity contribution in [2.45, 2.75) is 79.2 Å². The molecule has 0 amide bonds. The number of carbonyl (C=O) groups is 4. The largest absolute Gasteiger partial charge is 0.481 e. The Morgan fingerprint density at radius 1 is 0.833 bits per heavy atom. The third-order valence-electron chi connectivity index (χ3n) is 8.23. The van der Waals surface area contributed by atoms with Gasteiger partial charge in [0.05, 0.1) is 25.2 Å². The van der Waals surface area contributed by atoms with Gasteiger partial charge in [0.1, 0.15) is 19.3 Å². The van der Waals surface area contributed by atoms with Crippen molar-refractivity contribution < 1.29 is 43.6 Å². The number of carboxylic acid groups (broad SMARTS) is 1. The molecule has 0 aliphatic carbocycles. The normalized spacial score (nSPS) is 15.3. The molecule has 13 heteroatoms. The lowest BCUT2D eigenvalue weighted by Crippen LogP contribution is -2.42. The quantitative estimate of drug-likeness (QED) is 0.0905. The number of carboxylic acids is 1. The maximum atomic E-state index is 14.3. The second-order valence-electron chi connectivity index (χ2n) is 13.2. The molecule has 2 aromatic carbocycles. The predicted octanol–water partition coefficient (Wildman–Crippen LogP) is 9.15. The third-order valence-corrected chi connectivity index (χ3v) is 10.4. The van der Waals surface area contributed by atoms with Crippen LogP contribution in [0.2, 0.25) is 0 Å². The molecular weight excluding hydrogens is 884 g/mol. The Balaban J connectivity index is 2.52. The van der Waals surface area contributed by atoms with E-state index in [-0.39, 0.29) is 30.6 Å². The number of hydrogen-bond donors (Lipinski definition) is 2. The second kappa shape index (κ2) is 17.7. The average molecular weight is 926 g/mol. The van der Waals surface area contributed by atoms with E-state index in [1.165, 1.54) is 6.92 Å². The molecule has 0 bridgehead atoms. The minimum atomic E-state index is -1.35. The van der Waals surface area contributed by atoms with Crippen LogP contribution in [0.15, 0.2) is 66.4 Å². The van der Waals surface area contributed by atoms with Gasteiger partial charge < -0.3 is 24.4 Å². The summed E-state index contributed by atoms with van der Waals surface area (Å²) in [5, 5.41) is 20.5. The topological polar surface area (TPSA) is 136 Å². The van der Waals surface area contributed by atoms with Crippen molar-refractivity contribution in [2.24, 2.45) is 16.2 Å². The molecule has 0 spiro atoms. The zero-order valence-corrected chi connectivity index (χ0v) is 34.2. The number of halogens is 4. The van der Waals surface area contributed by atoms with Crippen molar-refractivity contribution in [1.82, 2.24) is 0 Å². The summed E-state index contributed by atoms with van der Waals surface area (Å²) < 4.78 is 19.0. The van der Waals surface area contributed by atoms with Crippen LogP contribution in [0.3, 0.4) is 0 Å². The minimum Gasteiger partial charge on any atom is -0.481 e. The van der Waals surface area contributed by atoms with Crippen LogP contribution in [-0.4, -0.2) is 53.4 Å². The molecule has 2 aromatic rings. The number of hydrogen-bond acceptors (Lipinski definition) is 8. The molecule has 0 aromatic heterocycles. The van der Waals surface area contributed by atoms with E-state index in [0.717, 1.165) is 14.5 Å². The van der Waals surface area contributed by atoms with Crippen molar-refractivity contribution >= 4 is 87.6 Å². The first-order valence-electron chi connectivity index (χ1n) is 15.2. The number of ether oxygens (including phenoxy) is 3. The van der Waals surface area contributed by atoms with Gasteiger partial charge in [-0.1, -0.05) is 57.5 Å². The zero-order valence-electron chi connectivity index (χ0n) is 27.8. The monoisotopic (exact) mass is 922 g/mol. The van der Waals surface area contributed by atoms with E-state index in [9.17, 15) is 29.4 Å². The summed E-state index contributed by atoms with van der Waals surface area (Å²) in [7, 11) is 0. The van der Waals surface area contributed by atoms with Gasteiger partial charge in [-0.2, -0.15) is 0 Å². The Bertz CT molecular complexity index is 1480. The Morgan fingerprint density at radius 3 is 1.85 bits per heavy atom. The van der Waals surface area contributed by atoms with Crippen molar-refractivity contribution in [2.75, 3.05) is 13.2 Å². The van der Waals surface area contributed by atoms with Crippen molar-refractivity contribution in [3.05, 3.63) is 72.0 Å². The van der Waals surface area contributed by atoms with Crippen molar-refractivity contribution in [3.63, 3.8) is 0 Å². The zero-order chi connectivity index (χ0) is 36.6. The number of aliphatic carboxylic acids is 1. The molecule has 0 saturated carbocycles. The molecule has 2 rings (SSSR count). The Morgan fingerprint density at radius 2 is 1.35 bits per heavy atom. The van der Waals surface area contributed by atoms with Gasteiger partial charge in [0.25, 0.3) is 0 Å². The van der Waals surface area contributed by atoms with E-state index in [4.69, 9.17) is 14.2 Å². The van der Waals surface area contributed by atoms with Gasteiger partial charge in [-0.15, -0.1) is 0 Å². The lowest BCUT2D eigenvalue weighted by molar-refractivity contribution is -0.163. The van der Waals surface area contributed by atoms with E-state index in [0.29, 0.717) is 15.4 Å². The summed E-state index contributed by atoms with van der Waals surface area (Å²) in [4.78, 5) is 51.9. The van der Waals surface area contributed by atoms with Gasteiger partial charge in [0.15, 0.2) is 5.75 Å². The molecule has 0 saturated heterocycles. The smallest absolute Gasteiger partial charge is 0.333 e. The lowest BCUT2D eigenvalue weighted by atomic mass is 9.66. The van der Waals surface area contributed by atoms with Crippen LogP contribution in [-0.2, 0) is 28.7 Å². The van der Waals surface area contributed by atoms with Gasteiger partial charge in [0.2, 0.25) is 0 Å². The molecule has 0 aliphatic heterocycles. The fourth-order valence-electron chi connectivity index (χ4n) is 5.34. The highest BCUT2D eigenvalue weighted by Crippen LogP contribution is 2.48. The summed E-state index contributed by atoms with van der Waals surface area (Å²) in [6.07, 6.45) is -0.613. The molecule has 0 aliphatic rings. The number of carbonyl (C=O) groups excluding carboxylic acids is 3. The molecule has 4 unspecified atom stereocenters. The third kappa shape index (κ3) is 11.8. The van der Waals surface area contributed by atoms with E-state index >= 15 is 0 Å². The van der Waals surface area contributed by atoms with E-state index < -0.39 is 65.4 Å². The molecule has 9 nitrogen and oxygen atoms in total. The Labute approximate surface area is 315 Å². The lowest BCUT2D eigenvalue weighted by Gasteiger charge is -2.38. The predicted molar refractivity (Wildman–Crippen MR) is 197 cm³/mol. The van der Waals surface area contributed by atoms with Gasteiger partial charge in [-0.25, -0.2) is 4.79 Å². The SMILES string of the molecule is C=C(C)C(=O)OCC(O)COC(=O)C(C)(C)CC(C)(CC(CC(C)(CC)C(=O)O)c1ccc(Br)cc1)C(=O)Oc1c(Br)cc(Br)cc1Br. The highest BCUT2D eigenvalue weighted by Gasteiger charge is 2.47. The van der Waals surface area contributed by atoms with E-state index in [1.807, 2.05) is 31.2 Å². The number of benzene rings is 2. The van der Waals surface area contributed by atoms with Crippen LogP contribution < -0.4 is 4.74 Å².